The number of unbranched alkanes of at least 4 members (excludes halogenated alkanes) is 1. The van der Waals surface area contributed by atoms with Crippen molar-refractivity contribution < 1.29 is 20.1 Å². The first-order valence-corrected chi connectivity index (χ1v) is 5.89. The van der Waals surface area contributed by atoms with Gasteiger partial charge >= 0.3 is 0 Å². The predicted octanol–water partition coefficient (Wildman–Crippen LogP) is -0.800. The lowest BCUT2D eigenvalue weighted by Crippen LogP contribution is -2.62. The van der Waals surface area contributed by atoms with Gasteiger partial charge in [-0.05, 0) is 13.0 Å². The van der Waals surface area contributed by atoms with E-state index in [0.717, 1.165) is 19.4 Å². The van der Waals surface area contributed by atoms with Gasteiger partial charge in [0, 0.05) is 13.7 Å². The highest BCUT2D eigenvalue weighted by Gasteiger charge is 2.40. The van der Waals surface area contributed by atoms with E-state index in [-0.39, 0.29) is 6.04 Å². The Morgan fingerprint density at radius 3 is 2.50 bits per heavy atom. The van der Waals surface area contributed by atoms with Gasteiger partial charge in [0.05, 0.1) is 18.8 Å². The Kier molecular flexibility index (Phi) is 5.64. The fourth-order valence-corrected chi connectivity index (χ4v) is 2.15. The van der Waals surface area contributed by atoms with Crippen molar-refractivity contribution in [3.8, 4) is 0 Å². The molecule has 0 aromatic heterocycles. The number of methoxy groups -OCH3 is 1. The molecule has 0 saturated carbocycles. The van der Waals surface area contributed by atoms with E-state index in [1.54, 1.807) is 7.11 Å². The van der Waals surface area contributed by atoms with Crippen LogP contribution in [0.1, 0.15) is 19.8 Å². The van der Waals surface area contributed by atoms with Crippen molar-refractivity contribution in [2.24, 2.45) is 0 Å². The van der Waals surface area contributed by atoms with Crippen LogP contribution in [0, 0.1) is 0 Å². The topological polar surface area (TPSA) is 73.2 Å². The molecule has 16 heavy (non-hydrogen) atoms. The molecular formula is C11H23NO4. The van der Waals surface area contributed by atoms with Gasteiger partial charge in [0.2, 0.25) is 0 Å². The van der Waals surface area contributed by atoms with Crippen molar-refractivity contribution >= 4 is 0 Å². The number of aliphatic hydroxyl groups excluding tert-OH is 3. The molecule has 0 aromatic carbocycles. The number of aliphatic hydroxyl groups is 3. The molecule has 0 unspecified atom stereocenters. The summed E-state index contributed by atoms with van der Waals surface area (Å²) in [7, 11) is 1.57. The Balaban J connectivity index is 2.63. The molecule has 3 N–H and O–H groups in total. The van der Waals surface area contributed by atoms with Gasteiger partial charge in [0.15, 0.2) is 0 Å². The highest BCUT2D eigenvalue weighted by molar-refractivity contribution is 4.94. The zero-order chi connectivity index (χ0) is 12.1. The fourth-order valence-electron chi connectivity index (χ4n) is 2.15. The average Bonchev–Trinajstić information content (AvgIpc) is 2.28. The van der Waals surface area contributed by atoms with E-state index in [4.69, 9.17) is 4.74 Å². The molecule has 96 valence electrons. The van der Waals surface area contributed by atoms with E-state index in [9.17, 15) is 15.3 Å². The minimum Gasteiger partial charge on any atom is -0.389 e. The molecule has 1 heterocycles. The number of rotatable bonds is 5. The van der Waals surface area contributed by atoms with Crippen molar-refractivity contribution in [2.75, 3.05) is 26.8 Å². The number of nitrogens with zero attached hydrogens (tertiary/aromatic N) is 1. The highest BCUT2D eigenvalue weighted by Crippen LogP contribution is 2.19. The van der Waals surface area contributed by atoms with Gasteiger partial charge in [-0.2, -0.15) is 0 Å². The molecule has 1 aliphatic rings. The van der Waals surface area contributed by atoms with E-state index < -0.39 is 18.3 Å². The average molecular weight is 233 g/mol. The zero-order valence-electron chi connectivity index (χ0n) is 10.0. The van der Waals surface area contributed by atoms with E-state index in [2.05, 4.69) is 6.92 Å². The van der Waals surface area contributed by atoms with Gasteiger partial charge in [-0.1, -0.05) is 13.3 Å². The van der Waals surface area contributed by atoms with E-state index in [1.807, 2.05) is 4.90 Å². The number of likely N-dealkylation sites (tertiary alicyclic amines) is 1. The van der Waals surface area contributed by atoms with Crippen LogP contribution in [0.25, 0.3) is 0 Å². The van der Waals surface area contributed by atoms with Crippen molar-refractivity contribution in [1.29, 1.82) is 0 Å². The molecule has 1 rings (SSSR count). The molecule has 0 bridgehead atoms. The number of ether oxygens (including phenoxy) is 1. The van der Waals surface area contributed by atoms with Gasteiger partial charge in [0.25, 0.3) is 0 Å². The van der Waals surface area contributed by atoms with Gasteiger partial charge in [-0.15, -0.1) is 0 Å². The molecule has 4 atom stereocenters. The van der Waals surface area contributed by atoms with Crippen LogP contribution in [0.4, 0.5) is 0 Å². The Morgan fingerprint density at radius 1 is 1.25 bits per heavy atom. The lowest BCUT2D eigenvalue weighted by Gasteiger charge is -2.43. The van der Waals surface area contributed by atoms with Crippen molar-refractivity contribution in [3.63, 3.8) is 0 Å². The molecule has 0 radical (unpaired) electrons. The normalized spacial score (nSPS) is 36.6. The lowest BCUT2D eigenvalue weighted by molar-refractivity contribution is -0.147. The third-order valence-electron chi connectivity index (χ3n) is 3.17. The Labute approximate surface area is 96.6 Å². The summed E-state index contributed by atoms with van der Waals surface area (Å²) in [6, 6.07) is -0.227. The van der Waals surface area contributed by atoms with Crippen LogP contribution in [-0.4, -0.2) is 71.4 Å². The first-order valence-electron chi connectivity index (χ1n) is 5.89. The summed E-state index contributed by atoms with van der Waals surface area (Å²) in [5, 5.41) is 29.1. The van der Waals surface area contributed by atoms with Crippen LogP contribution in [0.15, 0.2) is 0 Å². The Bertz CT molecular complexity index is 202. The van der Waals surface area contributed by atoms with Crippen LogP contribution in [0.3, 0.4) is 0 Å². The van der Waals surface area contributed by atoms with E-state index in [1.165, 1.54) is 0 Å². The zero-order valence-corrected chi connectivity index (χ0v) is 10.0. The number of β-amino-alcohol motifs (C(OH)–C–C–N with tert-alkyl or cyclic N) is 1. The lowest BCUT2D eigenvalue weighted by atomic mass is 9.94. The molecule has 0 spiro atoms. The van der Waals surface area contributed by atoms with Gasteiger partial charge in [-0.3, -0.25) is 4.90 Å². The van der Waals surface area contributed by atoms with Crippen molar-refractivity contribution in [1.82, 2.24) is 4.90 Å². The molecule has 1 fully saturated rings. The largest absolute Gasteiger partial charge is 0.389 e. The summed E-state index contributed by atoms with van der Waals surface area (Å²) in [6.07, 6.45) is -0.820. The smallest absolute Gasteiger partial charge is 0.109 e. The fraction of sp³-hybridized carbons (Fsp3) is 1.00. The molecular weight excluding hydrogens is 210 g/mol. The van der Waals surface area contributed by atoms with E-state index in [0.29, 0.717) is 13.2 Å². The molecule has 5 nitrogen and oxygen atoms in total. The molecule has 0 aliphatic carbocycles. The molecule has 0 aromatic rings. The monoisotopic (exact) mass is 233 g/mol. The first-order chi connectivity index (χ1) is 7.61. The van der Waals surface area contributed by atoms with Crippen LogP contribution in [0.5, 0.6) is 0 Å². The minimum absolute atomic E-state index is 0.227. The van der Waals surface area contributed by atoms with Gasteiger partial charge in [-0.25, -0.2) is 0 Å². The summed E-state index contributed by atoms with van der Waals surface area (Å²) in [5.41, 5.74) is 0. The maximum Gasteiger partial charge on any atom is 0.109 e. The molecule has 5 heteroatoms. The first kappa shape index (κ1) is 13.9. The maximum absolute atomic E-state index is 9.88. The number of hydrogen-bond donors (Lipinski definition) is 3. The summed E-state index contributed by atoms with van der Waals surface area (Å²) in [4.78, 5) is 2.00. The maximum atomic E-state index is 9.88. The summed E-state index contributed by atoms with van der Waals surface area (Å²) >= 11 is 0. The predicted molar refractivity (Wildman–Crippen MR) is 60.2 cm³/mol. The Hall–Kier alpha value is -0.200. The minimum atomic E-state index is -1.07. The highest BCUT2D eigenvalue weighted by atomic mass is 16.5. The molecule has 0 amide bonds. The van der Waals surface area contributed by atoms with Crippen molar-refractivity contribution in [2.45, 2.75) is 44.1 Å². The third-order valence-corrected chi connectivity index (χ3v) is 3.17. The summed E-state index contributed by atoms with van der Waals surface area (Å²) < 4.78 is 5.05. The standard InChI is InChI=1S/C11H23NO4/c1-3-4-5-12-6-9(13)11(15)10(14)8(12)7-16-2/h8-11,13-15H,3-7H2,1-2H3/t8-,9+,10-,11-/m1/s1. The molecule has 1 aliphatic heterocycles. The van der Waals surface area contributed by atoms with E-state index >= 15 is 0 Å². The second-order valence-electron chi connectivity index (χ2n) is 4.42. The van der Waals surface area contributed by atoms with Crippen molar-refractivity contribution in [3.05, 3.63) is 0 Å². The summed E-state index contributed by atoms with van der Waals surface area (Å²) in [5.74, 6) is 0. The second kappa shape index (κ2) is 6.51. The van der Waals surface area contributed by atoms with Crippen LogP contribution in [-0.2, 0) is 4.74 Å². The second-order valence-corrected chi connectivity index (χ2v) is 4.42. The number of piperidine rings is 1. The van der Waals surface area contributed by atoms with Gasteiger partial charge < -0.3 is 20.1 Å². The van der Waals surface area contributed by atoms with Gasteiger partial charge in [0.1, 0.15) is 12.2 Å². The quantitative estimate of drug-likeness (QED) is 0.580. The Morgan fingerprint density at radius 2 is 1.94 bits per heavy atom. The number of hydrogen-bond acceptors (Lipinski definition) is 5. The molecule has 1 saturated heterocycles. The third kappa shape index (κ3) is 3.15. The summed E-state index contributed by atoms with van der Waals surface area (Å²) in [6.45, 7) is 3.67. The SMILES string of the molecule is CCCCN1C[C@H](O)[C@@H](O)[C@H](O)[C@H]1COC. The van der Waals surface area contributed by atoms with Crippen LogP contribution in [0.2, 0.25) is 0 Å². The van der Waals surface area contributed by atoms with Crippen LogP contribution >= 0.6 is 0 Å². The van der Waals surface area contributed by atoms with Crippen LogP contribution < -0.4 is 0 Å².